The molecule has 2 aromatic rings. The highest BCUT2D eigenvalue weighted by molar-refractivity contribution is 8.03. The Bertz CT molecular complexity index is 546. The van der Waals surface area contributed by atoms with E-state index in [2.05, 4.69) is 0 Å². The van der Waals surface area contributed by atoms with Crippen LogP contribution in [0.4, 0.5) is 0 Å². The summed E-state index contributed by atoms with van der Waals surface area (Å²) in [7, 11) is 0. The van der Waals surface area contributed by atoms with Gasteiger partial charge in [0.15, 0.2) is 0 Å². The van der Waals surface area contributed by atoms with Crippen molar-refractivity contribution in [2.45, 2.75) is 11.3 Å². The maximum absolute atomic E-state index is 9.77. The zero-order valence-electron chi connectivity index (χ0n) is 9.13. The third-order valence-corrected chi connectivity index (χ3v) is 3.03. The number of phenolic OH excluding ortho intramolecular Hbond substituents is 1. The maximum Gasteiger partial charge on any atom is 0.138 e. The Morgan fingerprint density at radius 3 is 2.59 bits per heavy atom. The summed E-state index contributed by atoms with van der Waals surface area (Å²) in [5, 5.41) is 20.4. The topological polar surface area (TPSA) is 44.0 Å². The Morgan fingerprint density at radius 2 is 1.88 bits per heavy atom. The molecule has 0 heterocycles. The molecule has 17 heavy (non-hydrogen) atoms. The van der Waals surface area contributed by atoms with Crippen LogP contribution < -0.4 is 0 Å². The van der Waals surface area contributed by atoms with Crippen LogP contribution in [0.3, 0.4) is 0 Å². The molecule has 1 N–H and O–H groups in total. The van der Waals surface area contributed by atoms with E-state index in [9.17, 15) is 5.11 Å². The van der Waals surface area contributed by atoms with Gasteiger partial charge in [-0.05, 0) is 41.1 Å². The molecular weight excluding hydrogens is 230 g/mol. The molecule has 0 fully saturated rings. The lowest BCUT2D eigenvalue weighted by atomic mass is 10.0. The number of hydrogen-bond acceptors (Lipinski definition) is 3. The molecule has 2 nitrogen and oxygen atoms in total. The molecule has 0 bridgehead atoms. The van der Waals surface area contributed by atoms with E-state index >= 15 is 0 Å². The van der Waals surface area contributed by atoms with Crippen molar-refractivity contribution in [2.75, 3.05) is 0 Å². The Kier molecular flexibility index (Phi) is 3.69. The summed E-state index contributed by atoms with van der Waals surface area (Å²) < 4.78 is 0. The summed E-state index contributed by atoms with van der Waals surface area (Å²) in [6.07, 6.45) is 0.673. The van der Waals surface area contributed by atoms with Gasteiger partial charge in [0.1, 0.15) is 11.2 Å². The van der Waals surface area contributed by atoms with E-state index in [0.717, 1.165) is 27.8 Å². The van der Waals surface area contributed by atoms with Crippen molar-refractivity contribution < 1.29 is 5.11 Å². The fraction of sp³-hybridized carbons (Fsp3) is 0.0714. The van der Waals surface area contributed by atoms with Gasteiger partial charge in [-0.25, -0.2) is 0 Å². The summed E-state index contributed by atoms with van der Waals surface area (Å²) in [4.78, 5) is 0.858. The normalized spacial score (nSPS) is 9.82. The summed E-state index contributed by atoms with van der Waals surface area (Å²) in [6.45, 7) is 0. The van der Waals surface area contributed by atoms with Crippen LogP contribution in [0.1, 0.15) is 11.1 Å². The lowest BCUT2D eigenvalue weighted by Crippen LogP contribution is -1.89. The van der Waals surface area contributed by atoms with Gasteiger partial charge in [-0.1, -0.05) is 30.3 Å². The van der Waals surface area contributed by atoms with E-state index in [1.807, 2.05) is 41.8 Å². The molecule has 0 atom stereocenters. The molecular formula is C14H11NOS. The quantitative estimate of drug-likeness (QED) is 0.660. The van der Waals surface area contributed by atoms with E-state index < -0.39 is 0 Å². The lowest BCUT2D eigenvalue weighted by Gasteiger charge is -2.06. The van der Waals surface area contributed by atoms with Crippen molar-refractivity contribution >= 4 is 11.8 Å². The second-order valence-electron chi connectivity index (χ2n) is 3.65. The highest BCUT2D eigenvalue weighted by Gasteiger charge is 2.04. The van der Waals surface area contributed by atoms with Crippen molar-refractivity contribution in [3.8, 4) is 11.2 Å². The fourth-order valence-corrected chi connectivity index (χ4v) is 2.08. The number of nitrogens with zero attached hydrogens (tertiary/aromatic N) is 1. The van der Waals surface area contributed by atoms with Gasteiger partial charge >= 0.3 is 0 Å². The first kappa shape index (κ1) is 11.6. The minimum atomic E-state index is 0.274. The van der Waals surface area contributed by atoms with Gasteiger partial charge in [0.05, 0.1) is 0 Å². The van der Waals surface area contributed by atoms with Gasteiger partial charge in [-0.15, -0.1) is 0 Å². The summed E-state index contributed by atoms with van der Waals surface area (Å²) >= 11 is 1.10. The molecule has 0 aliphatic rings. The molecule has 0 saturated carbocycles. The average molecular weight is 241 g/mol. The first-order valence-electron chi connectivity index (χ1n) is 5.21. The number of hydrogen-bond donors (Lipinski definition) is 1. The highest BCUT2D eigenvalue weighted by Crippen LogP contribution is 2.26. The first-order chi connectivity index (χ1) is 8.29. The molecule has 0 aromatic heterocycles. The van der Waals surface area contributed by atoms with Gasteiger partial charge in [-0.3, -0.25) is 0 Å². The molecule has 0 aliphatic carbocycles. The lowest BCUT2D eigenvalue weighted by molar-refractivity contribution is 0.469. The van der Waals surface area contributed by atoms with Gasteiger partial charge < -0.3 is 5.11 Å². The Labute approximate surface area is 105 Å². The third-order valence-electron chi connectivity index (χ3n) is 2.45. The average Bonchev–Trinajstić information content (AvgIpc) is 2.35. The Morgan fingerprint density at radius 1 is 1.12 bits per heavy atom. The van der Waals surface area contributed by atoms with Crippen molar-refractivity contribution in [2.24, 2.45) is 0 Å². The Hall–Kier alpha value is -1.92. The number of rotatable bonds is 3. The molecule has 0 unspecified atom stereocenters. The second kappa shape index (κ2) is 5.42. The van der Waals surface area contributed by atoms with Gasteiger partial charge in [0, 0.05) is 11.3 Å². The van der Waals surface area contributed by atoms with E-state index in [1.54, 1.807) is 12.1 Å². The molecule has 0 aliphatic heterocycles. The minimum absolute atomic E-state index is 0.274. The van der Waals surface area contributed by atoms with Gasteiger partial charge in [0.25, 0.3) is 0 Å². The van der Waals surface area contributed by atoms with Gasteiger partial charge in [-0.2, -0.15) is 5.26 Å². The van der Waals surface area contributed by atoms with Crippen molar-refractivity contribution in [1.82, 2.24) is 0 Å². The molecule has 84 valence electrons. The number of benzene rings is 2. The molecule has 0 amide bonds. The standard InChI is InChI=1S/C14H11NOS/c15-10-17-13-6-7-14(16)12(9-13)8-11-4-2-1-3-5-11/h1-7,9,16H,8H2. The van der Waals surface area contributed by atoms with Crippen molar-refractivity contribution in [1.29, 1.82) is 5.26 Å². The van der Waals surface area contributed by atoms with Crippen molar-refractivity contribution in [3.05, 3.63) is 59.7 Å². The smallest absolute Gasteiger partial charge is 0.138 e. The summed E-state index contributed by atoms with van der Waals surface area (Å²) in [5.41, 5.74) is 1.98. The van der Waals surface area contributed by atoms with Gasteiger partial charge in [0.2, 0.25) is 0 Å². The van der Waals surface area contributed by atoms with E-state index in [0.29, 0.717) is 6.42 Å². The molecule has 0 saturated heterocycles. The second-order valence-corrected chi connectivity index (χ2v) is 4.50. The highest BCUT2D eigenvalue weighted by atomic mass is 32.2. The summed E-state index contributed by atoms with van der Waals surface area (Å²) in [6, 6.07) is 15.2. The molecule has 0 radical (unpaired) electrons. The number of thiocyanates is 1. The predicted octanol–water partition coefficient (Wildman–Crippen LogP) is 3.56. The number of thioether (sulfide) groups is 1. The van der Waals surface area contributed by atoms with Crippen LogP contribution in [-0.2, 0) is 6.42 Å². The first-order valence-corrected chi connectivity index (χ1v) is 6.03. The molecule has 2 rings (SSSR count). The molecule has 3 heteroatoms. The maximum atomic E-state index is 9.77. The van der Waals surface area contributed by atoms with Crippen LogP contribution in [-0.4, -0.2) is 5.11 Å². The van der Waals surface area contributed by atoms with Crippen LogP contribution in [0.15, 0.2) is 53.4 Å². The third kappa shape index (κ3) is 3.02. The van der Waals surface area contributed by atoms with Crippen LogP contribution in [0.2, 0.25) is 0 Å². The SMILES string of the molecule is N#CSc1ccc(O)c(Cc2ccccc2)c1. The minimum Gasteiger partial charge on any atom is -0.508 e. The number of aromatic hydroxyl groups is 1. The fourth-order valence-electron chi connectivity index (χ4n) is 1.64. The van der Waals surface area contributed by atoms with E-state index in [4.69, 9.17) is 5.26 Å². The van der Waals surface area contributed by atoms with Crippen LogP contribution in [0.5, 0.6) is 5.75 Å². The Balaban J connectivity index is 2.26. The number of nitriles is 1. The van der Waals surface area contributed by atoms with Crippen molar-refractivity contribution in [3.63, 3.8) is 0 Å². The monoisotopic (exact) mass is 241 g/mol. The number of phenols is 1. The zero-order valence-corrected chi connectivity index (χ0v) is 9.95. The molecule has 2 aromatic carbocycles. The van der Waals surface area contributed by atoms with Crippen LogP contribution in [0, 0.1) is 10.7 Å². The van der Waals surface area contributed by atoms with Crippen LogP contribution >= 0.6 is 11.8 Å². The predicted molar refractivity (Wildman–Crippen MR) is 68.8 cm³/mol. The largest absolute Gasteiger partial charge is 0.508 e. The van der Waals surface area contributed by atoms with E-state index in [1.165, 1.54) is 0 Å². The molecule has 0 spiro atoms. The van der Waals surface area contributed by atoms with E-state index in [-0.39, 0.29) is 5.75 Å². The zero-order chi connectivity index (χ0) is 12.1. The van der Waals surface area contributed by atoms with Crippen LogP contribution in [0.25, 0.3) is 0 Å². The summed E-state index contributed by atoms with van der Waals surface area (Å²) in [5.74, 6) is 0.274.